The Morgan fingerprint density at radius 2 is 1.90 bits per heavy atom. The number of carbonyl (C=O) groups excluding carboxylic acids is 2. The van der Waals surface area contributed by atoms with Gasteiger partial charge in [-0.1, -0.05) is 6.07 Å². The van der Waals surface area contributed by atoms with Gasteiger partial charge >= 0.3 is 0 Å². The summed E-state index contributed by atoms with van der Waals surface area (Å²) in [7, 11) is 0. The third kappa shape index (κ3) is 3.41. The molecule has 1 N–H and O–H groups in total. The third-order valence-electron chi connectivity index (χ3n) is 5.03. The molecule has 3 heterocycles. The summed E-state index contributed by atoms with van der Waals surface area (Å²) < 4.78 is 13.7. The maximum Gasteiger partial charge on any atom is 0.296 e. The third-order valence-corrected chi connectivity index (χ3v) is 6.96. The average molecular weight is 428 g/mol. The molecule has 148 valence electrons. The highest BCUT2D eigenvalue weighted by Crippen LogP contribution is 2.43. The SMILES string of the molecule is Cc1cc(/C(O)=C2/C(=O)C(=O)N(Cc3cccs3)C2c2sccc2C)ccc1F. The molecule has 4 nitrogen and oxygen atoms in total. The number of amides is 1. The van der Waals surface area contributed by atoms with Crippen molar-refractivity contribution in [2.75, 3.05) is 0 Å². The van der Waals surface area contributed by atoms with Crippen molar-refractivity contribution in [2.45, 2.75) is 26.4 Å². The molecule has 3 aromatic rings. The molecule has 1 aliphatic rings. The minimum absolute atomic E-state index is 0.0446. The molecule has 1 amide bonds. The number of hydrogen-bond donors (Lipinski definition) is 1. The number of aryl methyl sites for hydroxylation is 2. The fourth-order valence-corrected chi connectivity index (χ4v) is 5.25. The first-order valence-electron chi connectivity index (χ1n) is 8.99. The van der Waals surface area contributed by atoms with Crippen LogP contribution in [-0.2, 0) is 16.1 Å². The molecule has 7 heteroatoms. The molecule has 0 bridgehead atoms. The maximum atomic E-state index is 13.7. The van der Waals surface area contributed by atoms with Crippen LogP contribution in [0.2, 0.25) is 0 Å². The van der Waals surface area contributed by atoms with Crippen LogP contribution in [-0.4, -0.2) is 21.7 Å². The van der Waals surface area contributed by atoms with E-state index >= 15 is 0 Å². The van der Waals surface area contributed by atoms with E-state index in [2.05, 4.69) is 0 Å². The summed E-state index contributed by atoms with van der Waals surface area (Å²) in [6, 6.07) is 9.19. The van der Waals surface area contributed by atoms with Gasteiger partial charge in [0, 0.05) is 15.3 Å². The van der Waals surface area contributed by atoms with Crippen LogP contribution in [0.4, 0.5) is 4.39 Å². The van der Waals surface area contributed by atoms with Gasteiger partial charge in [-0.15, -0.1) is 22.7 Å². The first-order chi connectivity index (χ1) is 13.9. The number of likely N-dealkylation sites (tertiary alicyclic amines) is 1. The van der Waals surface area contributed by atoms with E-state index < -0.39 is 23.5 Å². The molecule has 1 saturated heterocycles. The van der Waals surface area contributed by atoms with Crippen LogP contribution in [0.1, 0.15) is 32.5 Å². The largest absolute Gasteiger partial charge is 0.507 e. The van der Waals surface area contributed by atoms with Crippen molar-refractivity contribution in [1.82, 2.24) is 4.90 Å². The Bertz CT molecular complexity index is 1130. The lowest BCUT2D eigenvalue weighted by Gasteiger charge is -2.24. The van der Waals surface area contributed by atoms with E-state index in [0.717, 1.165) is 15.3 Å². The lowest BCUT2D eigenvalue weighted by molar-refractivity contribution is -0.140. The molecule has 1 fully saturated rings. The van der Waals surface area contributed by atoms with Crippen LogP contribution in [0.15, 0.2) is 52.7 Å². The number of ketones is 1. The summed E-state index contributed by atoms with van der Waals surface area (Å²) in [5, 5.41) is 14.8. The number of hydrogen-bond acceptors (Lipinski definition) is 5. The molecule has 1 aromatic carbocycles. The van der Waals surface area contributed by atoms with Gasteiger partial charge in [0.1, 0.15) is 17.6 Å². The number of halogens is 1. The summed E-state index contributed by atoms with van der Waals surface area (Å²) in [4.78, 5) is 29.1. The maximum absolute atomic E-state index is 13.7. The summed E-state index contributed by atoms with van der Waals surface area (Å²) in [6.45, 7) is 3.78. The zero-order valence-electron chi connectivity index (χ0n) is 15.8. The number of aliphatic hydroxyl groups is 1. The van der Waals surface area contributed by atoms with E-state index in [4.69, 9.17) is 0 Å². The molecule has 2 aromatic heterocycles. The second-order valence-corrected chi connectivity index (χ2v) is 8.92. The van der Waals surface area contributed by atoms with Crippen molar-refractivity contribution in [3.8, 4) is 0 Å². The minimum atomic E-state index is -0.723. The first kappa shape index (κ1) is 19.5. The second kappa shape index (κ2) is 7.57. The van der Waals surface area contributed by atoms with Crippen LogP contribution in [0.5, 0.6) is 0 Å². The number of aliphatic hydroxyl groups excluding tert-OH is 1. The minimum Gasteiger partial charge on any atom is -0.507 e. The summed E-state index contributed by atoms with van der Waals surface area (Å²) >= 11 is 2.95. The fourth-order valence-electron chi connectivity index (χ4n) is 3.50. The Labute approximate surface area is 175 Å². The van der Waals surface area contributed by atoms with E-state index in [-0.39, 0.29) is 17.9 Å². The van der Waals surface area contributed by atoms with Gasteiger partial charge in [-0.05, 0) is 66.1 Å². The van der Waals surface area contributed by atoms with Gasteiger partial charge in [-0.25, -0.2) is 4.39 Å². The predicted molar refractivity (Wildman–Crippen MR) is 112 cm³/mol. The zero-order valence-corrected chi connectivity index (χ0v) is 17.4. The van der Waals surface area contributed by atoms with E-state index in [1.165, 1.54) is 45.8 Å². The molecule has 0 saturated carbocycles. The first-order valence-corrected chi connectivity index (χ1v) is 10.8. The van der Waals surface area contributed by atoms with Crippen molar-refractivity contribution in [2.24, 2.45) is 0 Å². The molecule has 1 unspecified atom stereocenters. The van der Waals surface area contributed by atoms with Crippen molar-refractivity contribution in [3.63, 3.8) is 0 Å². The molecule has 1 aliphatic heterocycles. The summed E-state index contributed by atoms with van der Waals surface area (Å²) in [5.41, 5.74) is 1.66. The van der Waals surface area contributed by atoms with E-state index in [1.807, 2.05) is 35.9 Å². The highest BCUT2D eigenvalue weighted by molar-refractivity contribution is 7.10. The van der Waals surface area contributed by atoms with Crippen LogP contribution >= 0.6 is 22.7 Å². The Hall–Kier alpha value is -2.77. The van der Waals surface area contributed by atoms with Gasteiger partial charge in [-0.3, -0.25) is 9.59 Å². The summed E-state index contributed by atoms with van der Waals surface area (Å²) in [6.07, 6.45) is 0. The molecule has 0 spiro atoms. The van der Waals surface area contributed by atoms with Crippen LogP contribution in [0, 0.1) is 19.7 Å². The Balaban J connectivity index is 1.88. The van der Waals surface area contributed by atoms with Gasteiger partial charge in [0.2, 0.25) is 0 Å². The van der Waals surface area contributed by atoms with Gasteiger partial charge in [-0.2, -0.15) is 0 Å². The number of rotatable bonds is 4. The number of Topliss-reactive ketones (excluding diaryl/α,β-unsaturated/α-hetero) is 1. The van der Waals surface area contributed by atoms with Crippen molar-refractivity contribution >= 4 is 40.1 Å². The molecular weight excluding hydrogens is 409 g/mol. The molecule has 29 heavy (non-hydrogen) atoms. The van der Waals surface area contributed by atoms with Crippen LogP contribution in [0.3, 0.4) is 0 Å². The molecule has 0 radical (unpaired) electrons. The molecule has 4 rings (SSSR count). The van der Waals surface area contributed by atoms with E-state index in [1.54, 1.807) is 6.92 Å². The topological polar surface area (TPSA) is 57.6 Å². The van der Waals surface area contributed by atoms with Crippen LogP contribution in [0.25, 0.3) is 5.76 Å². The van der Waals surface area contributed by atoms with E-state index in [9.17, 15) is 19.1 Å². The van der Waals surface area contributed by atoms with Crippen molar-refractivity contribution in [3.05, 3.63) is 85.0 Å². The zero-order chi connectivity index (χ0) is 20.7. The van der Waals surface area contributed by atoms with Gasteiger partial charge in [0.05, 0.1) is 12.1 Å². The Morgan fingerprint density at radius 3 is 2.52 bits per heavy atom. The second-order valence-electron chi connectivity index (χ2n) is 6.94. The highest BCUT2D eigenvalue weighted by Gasteiger charge is 2.47. The fraction of sp³-hybridized carbons (Fsp3) is 0.182. The molecule has 0 aliphatic carbocycles. The average Bonchev–Trinajstić information content (AvgIpc) is 3.41. The number of benzene rings is 1. The number of carbonyl (C=O) groups is 2. The molecule has 1 atom stereocenters. The lowest BCUT2D eigenvalue weighted by atomic mass is 9.97. The van der Waals surface area contributed by atoms with Crippen LogP contribution < -0.4 is 0 Å². The Morgan fingerprint density at radius 1 is 1.10 bits per heavy atom. The summed E-state index contributed by atoms with van der Waals surface area (Å²) in [5.74, 6) is -2.04. The smallest absolute Gasteiger partial charge is 0.296 e. The molecular formula is C22H18FNO3S2. The van der Waals surface area contributed by atoms with Gasteiger partial charge in [0.25, 0.3) is 11.7 Å². The van der Waals surface area contributed by atoms with Crippen molar-refractivity contribution < 1.29 is 19.1 Å². The van der Waals surface area contributed by atoms with Crippen molar-refractivity contribution in [1.29, 1.82) is 0 Å². The van der Waals surface area contributed by atoms with Gasteiger partial charge in [0.15, 0.2) is 0 Å². The number of nitrogens with zero attached hydrogens (tertiary/aromatic N) is 1. The lowest BCUT2D eigenvalue weighted by Crippen LogP contribution is -2.28. The highest BCUT2D eigenvalue weighted by atomic mass is 32.1. The predicted octanol–water partition coefficient (Wildman–Crippen LogP) is 5.19. The monoisotopic (exact) mass is 427 g/mol. The van der Waals surface area contributed by atoms with E-state index in [0.29, 0.717) is 11.1 Å². The standard InChI is InChI=1S/C22H18FNO3S2/c1-12-7-9-29-21(12)18-17(19(25)14-5-6-16(23)13(2)10-14)20(26)22(27)24(18)11-15-4-3-8-28-15/h3-10,18,25H,11H2,1-2H3/b19-17-. The normalized spacial score (nSPS) is 18.6. The Kier molecular flexibility index (Phi) is 5.10. The number of thiophene rings is 2. The van der Waals surface area contributed by atoms with Gasteiger partial charge < -0.3 is 10.0 Å². The quantitative estimate of drug-likeness (QED) is 0.354.